The summed E-state index contributed by atoms with van der Waals surface area (Å²) >= 11 is 1.47. The number of fused-ring (bicyclic) bond motifs is 3. The first kappa shape index (κ1) is 15.1. The molecule has 24 heavy (non-hydrogen) atoms. The smallest absolute Gasteiger partial charge is 0.229 e. The van der Waals surface area contributed by atoms with Gasteiger partial charge in [0.25, 0.3) is 0 Å². The van der Waals surface area contributed by atoms with Crippen molar-refractivity contribution in [2.45, 2.75) is 24.9 Å². The highest BCUT2D eigenvalue weighted by Crippen LogP contribution is 2.24. The lowest BCUT2D eigenvalue weighted by atomic mass is 10.2. The summed E-state index contributed by atoms with van der Waals surface area (Å²) in [7, 11) is 0. The van der Waals surface area contributed by atoms with Gasteiger partial charge < -0.3 is 0 Å². The maximum Gasteiger partial charge on any atom is 0.229 e. The van der Waals surface area contributed by atoms with Crippen LogP contribution in [0, 0.1) is 6.92 Å². The number of aryl methyl sites for hydroxylation is 1. The van der Waals surface area contributed by atoms with E-state index < -0.39 is 0 Å². The van der Waals surface area contributed by atoms with Gasteiger partial charge in [0.2, 0.25) is 11.8 Å². The zero-order valence-electron chi connectivity index (χ0n) is 13.1. The molecule has 1 aromatic carbocycles. The standard InChI is InChI=1S/C16H15N5O2S/c1-10-17-15-11-4-2-3-5-12(11)18-16(21(15)19-10)24-9-8-20-13(22)6-7-14(20)23/h2-5H,6-9H2,1H3. The monoisotopic (exact) mass is 341 g/mol. The predicted octanol–water partition coefficient (Wildman–Crippen LogP) is 1.83. The molecule has 3 aromatic rings. The van der Waals surface area contributed by atoms with E-state index in [2.05, 4.69) is 15.1 Å². The number of hydrogen-bond acceptors (Lipinski definition) is 6. The Morgan fingerprint density at radius 1 is 1.12 bits per heavy atom. The van der Waals surface area contributed by atoms with Gasteiger partial charge in [0.1, 0.15) is 5.82 Å². The molecule has 8 heteroatoms. The van der Waals surface area contributed by atoms with Gasteiger partial charge in [-0.15, -0.1) is 5.10 Å². The fourth-order valence-electron chi connectivity index (χ4n) is 2.83. The van der Waals surface area contributed by atoms with E-state index in [4.69, 9.17) is 0 Å². The summed E-state index contributed by atoms with van der Waals surface area (Å²) in [5, 5.41) is 6.08. The first-order chi connectivity index (χ1) is 11.6. The summed E-state index contributed by atoms with van der Waals surface area (Å²) in [5.74, 6) is 1.08. The predicted molar refractivity (Wildman–Crippen MR) is 89.7 cm³/mol. The van der Waals surface area contributed by atoms with E-state index in [0.717, 1.165) is 16.6 Å². The third-order valence-electron chi connectivity index (χ3n) is 3.96. The van der Waals surface area contributed by atoms with E-state index in [9.17, 15) is 9.59 Å². The number of para-hydroxylation sites is 1. The molecule has 1 fully saturated rings. The van der Waals surface area contributed by atoms with Crippen LogP contribution in [0.3, 0.4) is 0 Å². The molecule has 7 nitrogen and oxygen atoms in total. The lowest BCUT2D eigenvalue weighted by Gasteiger charge is -2.13. The van der Waals surface area contributed by atoms with E-state index in [1.807, 2.05) is 31.2 Å². The van der Waals surface area contributed by atoms with Gasteiger partial charge in [-0.1, -0.05) is 23.9 Å². The van der Waals surface area contributed by atoms with E-state index in [0.29, 0.717) is 36.1 Å². The number of rotatable bonds is 4. The molecule has 0 radical (unpaired) electrons. The Balaban J connectivity index is 1.63. The number of carbonyl (C=O) groups excluding carboxylic acids is 2. The van der Waals surface area contributed by atoms with Gasteiger partial charge in [-0.05, 0) is 19.1 Å². The number of carbonyl (C=O) groups is 2. The number of likely N-dealkylation sites (tertiary alicyclic amines) is 1. The Labute approximate surface area is 142 Å². The van der Waals surface area contributed by atoms with Gasteiger partial charge in [0.05, 0.1) is 5.52 Å². The van der Waals surface area contributed by atoms with E-state index in [-0.39, 0.29) is 11.8 Å². The van der Waals surface area contributed by atoms with Crippen molar-refractivity contribution in [2.75, 3.05) is 12.3 Å². The first-order valence-electron chi connectivity index (χ1n) is 7.71. The van der Waals surface area contributed by atoms with Crippen LogP contribution in [0.4, 0.5) is 0 Å². The van der Waals surface area contributed by atoms with Gasteiger partial charge in [-0.3, -0.25) is 14.5 Å². The van der Waals surface area contributed by atoms with Crippen molar-refractivity contribution in [2.24, 2.45) is 0 Å². The van der Waals surface area contributed by atoms with Crippen LogP contribution in [0.2, 0.25) is 0 Å². The molecule has 2 aromatic heterocycles. The molecule has 122 valence electrons. The highest BCUT2D eigenvalue weighted by molar-refractivity contribution is 7.99. The van der Waals surface area contributed by atoms with Crippen molar-refractivity contribution in [3.8, 4) is 0 Å². The molecule has 1 saturated heterocycles. The quantitative estimate of drug-likeness (QED) is 0.409. The summed E-state index contributed by atoms with van der Waals surface area (Å²) in [6.07, 6.45) is 0.647. The molecule has 0 N–H and O–H groups in total. The van der Waals surface area contributed by atoms with Crippen molar-refractivity contribution in [3.63, 3.8) is 0 Å². The van der Waals surface area contributed by atoms with Crippen LogP contribution >= 0.6 is 11.8 Å². The molecule has 3 heterocycles. The number of thioether (sulfide) groups is 1. The molecule has 0 saturated carbocycles. The van der Waals surface area contributed by atoms with Crippen molar-refractivity contribution in [1.29, 1.82) is 0 Å². The molecule has 2 amide bonds. The van der Waals surface area contributed by atoms with Gasteiger partial charge in [-0.25, -0.2) is 9.97 Å². The molecule has 0 unspecified atom stereocenters. The minimum absolute atomic E-state index is 0.0891. The van der Waals surface area contributed by atoms with Crippen LogP contribution in [-0.4, -0.2) is 48.6 Å². The van der Waals surface area contributed by atoms with E-state index in [1.165, 1.54) is 16.7 Å². The lowest BCUT2D eigenvalue weighted by molar-refractivity contribution is -0.137. The second-order valence-electron chi connectivity index (χ2n) is 5.59. The summed E-state index contributed by atoms with van der Waals surface area (Å²) in [6.45, 7) is 2.24. The number of nitrogens with zero attached hydrogens (tertiary/aromatic N) is 5. The van der Waals surface area contributed by atoms with Crippen LogP contribution in [0.5, 0.6) is 0 Å². The highest BCUT2D eigenvalue weighted by Gasteiger charge is 2.28. The number of benzene rings is 1. The molecule has 0 spiro atoms. The van der Waals surface area contributed by atoms with Crippen molar-refractivity contribution >= 4 is 40.1 Å². The summed E-state index contributed by atoms with van der Waals surface area (Å²) in [5.41, 5.74) is 1.63. The van der Waals surface area contributed by atoms with Gasteiger partial charge in [-0.2, -0.15) is 4.52 Å². The minimum Gasteiger partial charge on any atom is -0.282 e. The van der Waals surface area contributed by atoms with E-state index in [1.54, 1.807) is 4.52 Å². The van der Waals surface area contributed by atoms with Crippen molar-refractivity contribution in [1.82, 2.24) is 24.5 Å². The maximum absolute atomic E-state index is 11.7. The zero-order chi connectivity index (χ0) is 16.7. The third-order valence-corrected chi connectivity index (χ3v) is 4.87. The molecule has 1 aliphatic heterocycles. The Kier molecular flexibility index (Phi) is 3.68. The molecule has 0 bridgehead atoms. The minimum atomic E-state index is -0.0891. The number of amides is 2. The van der Waals surface area contributed by atoms with Crippen molar-refractivity contribution in [3.05, 3.63) is 30.1 Å². The van der Waals surface area contributed by atoms with Crippen LogP contribution < -0.4 is 0 Å². The second-order valence-corrected chi connectivity index (χ2v) is 6.66. The molecular formula is C16H15N5O2S. The Morgan fingerprint density at radius 3 is 2.67 bits per heavy atom. The Morgan fingerprint density at radius 2 is 1.88 bits per heavy atom. The fraction of sp³-hybridized carbons (Fsp3) is 0.312. The van der Waals surface area contributed by atoms with Crippen LogP contribution in [0.1, 0.15) is 18.7 Å². The van der Waals surface area contributed by atoms with Crippen LogP contribution in [0.25, 0.3) is 16.6 Å². The summed E-state index contributed by atoms with van der Waals surface area (Å²) < 4.78 is 1.73. The maximum atomic E-state index is 11.7. The molecule has 0 aliphatic carbocycles. The molecular weight excluding hydrogens is 326 g/mol. The van der Waals surface area contributed by atoms with Gasteiger partial charge >= 0.3 is 0 Å². The Bertz CT molecular complexity index is 952. The Hall–Kier alpha value is -2.48. The number of hydrogen-bond donors (Lipinski definition) is 0. The molecule has 1 aliphatic rings. The SMILES string of the molecule is Cc1nc2c3ccccc3nc(SCCN3C(=O)CCC3=O)n2n1. The highest BCUT2D eigenvalue weighted by atomic mass is 32.2. The average Bonchev–Trinajstić information content (AvgIpc) is 3.11. The number of imide groups is 1. The zero-order valence-corrected chi connectivity index (χ0v) is 13.9. The van der Waals surface area contributed by atoms with Gasteiger partial charge in [0.15, 0.2) is 10.8 Å². The largest absolute Gasteiger partial charge is 0.282 e. The second kappa shape index (κ2) is 5.86. The summed E-state index contributed by atoms with van der Waals surface area (Å²) in [4.78, 5) is 33.8. The fourth-order valence-corrected chi connectivity index (χ4v) is 3.70. The van der Waals surface area contributed by atoms with E-state index >= 15 is 0 Å². The molecule has 4 rings (SSSR count). The molecule has 0 atom stereocenters. The van der Waals surface area contributed by atoms with Crippen LogP contribution in [-0.2, 0) is 9.59 Å². The normalized spacial score (nSPS) is 15.1. The third kappa shape index (κ3) is 2.52. The topological polar surface area (TPSA) is 80.5 Å². The first-order valence-corrected chi connectivity index (χ1v) is 8.70. The van der Waals surface area contributed by atoms with Crippen molar-refractivity contribution < 1.29 is 9.59 Å². The van der Waals surface area contributed by atoms with Gasteiger partial charge in [0, 0.05) is 30.5 Å². The van der Waals surface area contributed by atoms with Crippen LogP contribution in [0.15, 0.2) is 29.4 Å². The number of aromatic nitrogens is 4. The average molecular weight is 341 g/mol. The lowest BCUT2D eigenvalue weighted by Crippen LogP contribution is -2.31. The summed E-state index contributed by atoms with van der Waals surface area (Å²) in [6, 6.07) is 7.80.